The Bertz CT molecular complexity index is 710. The molecule has 0 fully saturated rings. The van der Waals surface area contributed by atoms with Gasteiger partial charge in [0.2, 0.25) is 0 Å². The van der Waals surface area contributed by atoms with Crippen molar-refractivity contribution in [3.05, 3.63) is 52.3 Å². The molecule has 1 aromatic carbocycles. The molecule has 23 heavy (non-hydrogen) atoms. The molecule has 2 rings (SSSR count). The van der Waals surface area contributed by atoms with Crippen molar-refractivity contribution in [2.75, 3.05) is 0 Å². The first-order valence-electron chi connectivity index (χ1n) is 7.24. The Morgan fingerprint density at radius 3 is 2.57 bits per heavy atom. The van der Waals surface area contributed by atoms with Crippen LogP contribution >= 0.6 is 11.6 Å². The van der Waals surface area contributed by atoms with Gasteiger partial charge in [-0.25, -0.2) is 4.79 Å². The Balaban J connectivity index is 2.21. The van der Waals surface area contributed by atoms with Gasteiger partial charge in [0, 0.05) is 12.1 Å². The number of hydrogen-bond donors (Lipinski definition) is 2. The normalized spacial score (nSPS) is 12.0. The van der Waals surface area contributed by atoms with Crippen molar-refractivity contribution in [2.24, 2.45) is 7.05 Å². The SMILES string of the molecule is CCCc1cc(C(=O)N[C@@H](C(=O)O)c2ccc(Cl)cc2)n(C)n1. The number of aromatic nitrogens is 2. The largest absolute Gasteiger partial charge is 0.479 e. The number of nitrogens with zero attached hydrogens (tertiary/aromatic N) is 2. The summed E-state index contributed by atoms with van der Waals surface area (Å²) in [5.41, 5.74) is 1.58. The summed E-state index contributed by atoms with van der Waals surface area (Å²) in [5.74, 6) is -1.62. The van der Waals surface area contributed by atoms with E-state index in [4.69, 9.17) is 11.6 Å². The van der Waals surface area contributed by atoms with E-state index in [1.807, 2.05) is 6.92 Å². The molecule has 0 saturated heterocycles. The molecule has 0 aliphatic rings. The van der Waals surface area contributed by atoms with Crippen LogP contribution in [0, 0.1) is 0 Å². The number of rotatable bonds is 6. The molecule has 2 aromatic rings. The second-order valence-corrected chi connectivity index (χ2v) is 5.63. The monoisotopic (exact) mass is 335 g/mol. The fourth-order valence-corrected chi connectivity index (χ4v) is 2.39. The molecule has 6 nitrogen and oxygen atoms in total. The maximum atomic E-state index is 12.4. The minimum atomic E-state index is -1.15. The lowest BCUT2D eigenvalue weighted by molar-refractivity contribution is -0.139. The number of carbonyl (C=O) groups is 2. The predicted molar refractivity (Wildman–Crippen MR) is 86.5 cm³/mol. The van der Waals surface area contributed by atoms with Crippen molar-refractivity contribution < 1.29 is 14.7 Å². The first kappa shape index (κ1) is 17.0. The van der Waals surface area contributed by atoms with Gasteiger partial charge in [-0.3, -0.25) is 9.48 Å². The summed E-state index contributed by atoms with van der Waals surface area (Å²) in [7, 11) is 1.66. The fraction of sp³-hybridized carbons (Fsp3) is 0.312. The zero-order valence-corrected chi connectivity index (χ0v) is 13.7. The van der Waals surface area contributed by atoms with Gasteiger partial charge in [0.1, 0.15) is 5.69 Å². The van der Waals surface area contributed by atoms with Crippen LogP contribution in [-0.4, -0.2) is 26.8 Å². The Labute approximate surface area is 139 Å². The highest BCUT2D eigenvalue weighted by molar-refractivity contribution is 6.30. The number of carbonyl (C=O) groups excluding carboxylic acids is 1. The van der Waals surface area contributed by atoms with Crippen molar-refractivity contribution in [1.82, 2.24) is 15.1 Å². The van der Waals surface area contributed by atoms with Crippen LogP contribution in [-0.2, 0) is 18.3 Å². The molecule has 0 saturated carbocycles. The van der Waals surface area contributed by atoms with Crippen LogP contribution in [0.15, 0.2) is 30.3 Å². The molecule has 1 aromatic heterocycles. The number of carboxylic acid groups (broad SMARTS) is 1. The van der Waals surface area contributed by atoms with E-state index in [1.165, 1.54) is 4.68 Å². The van der Waals surface area contributed by atoms with E-state index in [2.05, 4.69) is 10.4 Å². The molecule has 1 heterocycles. The number of halogens is 1. The highest BCUT2D eigenvalue weighted by Gasteiger charge is 2.24. The van der Waals surface area contributed by atoms with Gasteiger partial charge in [-0.1, -0.05) is 37.1 Å². The van der Waals surface area contributed by atoms with Gasteiger partial charge in [0.05, 0.1) is 5.69 Å². The van der Waals surface area contributed by atoms with Gasteiger partial charge in [0.25, 0.3) is 5.91 Å². The zero-order chi connectivity index (χ0) is 17.0. The molecule has 0 spiro atoms. The maximum Gasteiger partial charge on any atom is 0.330 e. The number of aryl methyl sites for hydroxylation is 2. The topological polar surface area (TPSA) is 84.2 Å². The third kappa shape index (κ3) is 4.10. The zero-order valence-electron chi connectivity index (χ0n) is 12.9. The van der Waals surface area contributed by atoms with Crippen molar-refractivity contribution in [3.63, 3.8) is 0 Å². The lowest BCUT2D eigenvalue weighted by Gasteiger charge is -2.15. The van der Waals surface area contributed by atoms with Crippen molar-refractivity contribution >= 4 is 23.5 Å². The first-order valence-corrected chi connectivity index (χ1v) is 7.62. The molecule has 0 aliphatic carbocycles. The molecular formula is C16H18ClN3O3. The Morgan fingerprint density at radius 1 is 1.35 bits per heavy atom. The minimum Gasteiger partial charge on any atom is -0.479 e. The minimum absolute atomic E-state index is 0.327. The number of amides is 1. The second-order valence-electron chi connectivity index (χ2n) is 5.19. The van der Waals surface area contributed by atoms with E-state index in [9.17, 15) is 14.7 Å². The summed E-state index contributed by atoms with van der Waals surface area (Å²) >= 11 is 5.80. The van der Waals surface area contributed by atoms with Crippen molar-refractivity contribution in [3.8, 4) is 0 Å². The fourth-order valence-electron chi connectivity index (χ4n) is 2.27. The maximum absolute atomic E-state index is 12.4. The molecule has 0 aliphatic heterocycles. The van der Waals surface area contributed by atoms with Crippen LogP contribution in [0.5, 0.6) is 0 Å². The van der Waals surface area contributed by atoms with Crippen LogP contribution in [0.4, 0.5) is 0 Å². The number of aliphatic carboxylic acids is 1. The third-order valence-corrected chi connectivity index (χ3v) is 3.65. The number of hydrogen-bond acceptors (Lipinski definition) is 3. The molecule has 0 radical (unpaired) electrons. The Kier molecular flexibility index (Phi) is 5.39. The molecule has 2 N–H and O–H groups in total. The highest BCUT2D eigenvalue weighted by Crippen LogP contribution is 2.18. The third-order valence-electron chi connectivity index (χ3n) is 3.39. The molecule has 1 atom stereocenters. The summed E-state index contributed by atoms with van der Waals surface area (Å²) in [6.45, 7) is 2.02. The summed E-state index contributed by atoms with van der Waals surface area (Å²) in [4.78, 5) is 23.9. The lowest BCUT2D eigenvalue weighted by Crippen LogP contribution is -2.34. The van der Waals surface area contributed by atoms with E-state index < -0.39 is 17.9 Å². The van der Waals surface area contributed by atoms with Gasteiger partial charge in [-0.15, -0.1) is 0 Å². The summed E-state index contributed by atoms with van der Waals surface area (Å²) in [6, 6.07) is 6.86. The smallest absolute Gasteiger partial charge is 0.330 e. The molecular weight excluding hydrogens is 318 g/mol. The van der Waals surface area contributed by atoms with Gasteiger partial charge in [-0.2, -0.15) is 5.10 Å². The van der Waals surface area contributed by atoms with Crippen LogP contribution in [0.2, 0.25) is 5.02 Å². The van der Waals surface area contributed by atoms with Crippen molar-refractivity contribution in [1.29, 1.82) is 0 Å². The van der Waals surface area contributed by atoms with E-state index in [0.29, 0.717) is 16.3 Å². The van der Waals surface area contributed by atoms with Gasteiger partial charge < -0.3 is 10.4 Å². The van der Waals surface area contributed by atoms with Gasteiger partial charge in [0.15, 0.2) is 6.04 Å². The van der Waals surface area contributed by atoms with E-state index in [1.54, 1.807) is 37.4 Å². The van der Waals surface area contributed by atoms with Crippen LogP contribution in [0.1, 0.15) is 41.1 Å². The highest BCUT2D eigenvalue weighted by atomic mass is 35.5. The van der Waals surface area contributed by atoms with E-state index >= 15 is 0 Å². The summed E-state index contributed by atoms with van der Waals surface area (Å²) < 4.78 is 1.46. The van der Waals surface area contributed by atoms with Crippen LogP contribution in [0.3, 0.4) is 0 Å². The molecule has 7 heteroatoms. The van der Waals surface area contributed by atoms with E-state index in [0.717, 1.165) is 18.5 Å². The average Bonchev–Trinajstić information content (AvgIpc) is 2.86. The first-order chi connectivity index (χ1) is 10.9. The summed E-state index contributed by atoms with van der Waals surface area (Å²) in [6.07, 6.45) is 1.68. The van der Waals surface area contributed by atoms with Crippen LogP contribution in [0.25, 0.3) is 0 Å². The van der Waals surface area contributed by atoms with E-state index in [-0.39, 0.29) is 0 Å². The number of carboxylic acids is 1. The molecule has 0 bridgehead atoms. The molecule has 122 valence electrons. The molecule has 1 amide bonds. The van der Waals surface area contributed by atoms with Crippen molar-refractivity contribution in [2.45, 2.75) is 25.8 Å². The van der Waals surface area contributed by atoms with Crippen LogP contribution < -0.4 is 5.32 Å². The Hall–Kier alpha value is -2.34. The van der Waals surface area contributed by atoms with Gasteiger partial charge in [-0.05, 0) is 30.2 Å². The second kappa shape index (κ2) is 7.28. The Morgan fingerprint density at radius 2 is 2.00 bits per heavy atom. The predicted octanol–water partition coefficient (Wildman–Crippen LogP) is 2.58. The molecule has 0 unspecified atom stereocenters. The quantitative estimate of drug-likeness (QED) is 0.849. The number of benzene rings is 1. The van der Waals surface area contributed by atoms with Gasteiger partial charge >= 0.3 is 5.97 Å². The standard InChI is InChI=1S/C16H18ClN3O3/c1-3-4-12-9-13(20(2)19-12)15(21)18-14(16(22)23)10-5-7-11(17)8-6-10/h5-9,14H,3-4H2,1-2H3,(H,18,21)(H,22,23)/t14-/m1/s1. The lowest BCUT2D eigenvalue weighted by atomic mass is 10.1. The number of nitrogens with one attached hydrogen (secondary N) is 1. The summed E-state index contributed by atoms with van der Waals surface area (Å²) in [5, 5.41) is 16.7. The average molecular weight is 336 g/mol.